The van der Waals surface area contributed by atoms with Gasteiger partial charge in [0.15, 0.2) is 11.6 Å². The molecule has 5 nitrogen and oxygen atoms in total. The van der Waals surface area contributed by atoms with Gasteiger partial charge in [-0.3, -0.25) is 0 Å². The number of halogens is 4. The van der Waals surface area contributed by atoms with Crippen LogP contribution in [-0.4, -0.2) is 27.0 Å². The molecule has 1 saturated carbocycles. The molecule has 0 amide bonds. The van der Waals surface area contributed by atoms with Gasteiger partial charge in [0.05, 0.1) is 0 Å². The number of nitrogens with two attached hydrogens (primary N) is 1. The molecule has 0 radical (unpaired) electrons. The first-order valence-corrected chi connectivity index (χ1v) is 9.38. The standard InChI is InChI=1S/C16H17Cl4N5/c17-11-5-3-4-10(8-11)12-23-13(16(18,19)20)25-14(24-12)22-9-15(21)6-1-2-7-15/h3-5,8H,1-2,6-7,9,21H2,(H,22,23,24,25). The van der Waals surface area contributed by atoms with Crippen molar-refractivity contribution in [3.63, 3.8) is 0 Å². The van der Waals surface area contributed by atoms with Crippen molar-refractivity contribution in [1.29, 1.82) is 0 Å². The van der Waals surface area contributed by atoms with Crippen molar-refractivity contribution in [2.45, 2.75) is 35.0 Å². The Morgan fingerprint density at radius 2 is 1.84 bits per heavy atom. The fraction of sp³-hybridized carbons (Fsp3) is 0.438. The maximum Gasteiger partial charge on any atom is 0.250 e. The smallest absolute Gasteiger partial charge is 0.250 e. The fourth-order valence-corrected chi connectivity index (χ4v) is 3.29. The van der Waals surface area contributed by atoms with Crippen LogP contribution >= 0.6 is 46.4 Å². The molecule has 0 bridgehead atoms. The summed E-state index contributed by atoms with van der Waals surface area (Å²) in [7, 11) is 0. The van der Waals surface area contributed by atoms with Gasteiger partial charge in [-0.2, -0.15) is 9.97 Å². The average molecular weight is 421 g/mol. The Kier molecular flexibility index (Phi) is 5.61. The Labute approximate surface area is 166 Å². The van der Waals surface area contributed by atoms with E-state index in [4.69, 9.17) is 52.1 Å². The molecule has 1 aromatic carbocycles. The van der Waals surface area contributed by atoms with Gasteiger partial charge >= 0.3 is 0 Å². The van der Waals surface area contributed by atoms with Crippen molar-refractivity contribution in [3.8, 4) is 11.4 Å². The lowest BCUT2D eigenvalue weighted by molar-refractivity contribution is 0.463. The van der Waals surface area contributed by atoms with Gasteiger partial charge in [-0.1, -0.05) is 71.4 Å². The van der Waals surface area contributed by atoms with Crippen molar-refractivity contribution in [1.82, 2.24) is 15.0 Å². The van der Waals surface area contributed by atoms with E-state index in [1.165, 1.54) is 0 Å². The Balaban J connectivity index is 1.93. The molecule has 1 aliphatic carbocycles. The van der Waals surface area contributed by atoms with E-state index in [9.17, 15) is 0 Å². The number of nitrogens with one attached hydrogen (secondary N) is 1. The molecule has 1 aromatic heterocycles. The van der Waals surface area contributed by atoms with E-state index in [0.717, 1.165) is 25.7 Å². The van der Waals surface area contributed by atoms with Crippen LogP contribution < -0.4 is 11.1 Å². The molecule has 0 saturated heterocycles. The summed E-state index contributed by atoms with van der Waals surface area (Å²) in [5, 5.41) is 3.73. The van der Waals surface area contributed by atoms with Crippen molar-refractivity contribution in [2.24, 2.45) is 5.73 Å². The second kappa shape index (κ2) is 7.41. The molecular formula is C16H17Cl4N5. The lowest BCUT2D eigenvalue weighted by Crippen LogP contribution is -2.43. The van der Waals surface area contributed by atoms with Gasteiger partial charge < -0.3 is 11.1 Å². The third-order valence-corrected chi connectivity index (χ3v) is 4.91. The van der Waals surface area contributed by atoms with Crippen LogP contribution in [0.25, 0.3) is 11.4 Å². The first kappa shape index (κ1) is 18.9. The number of aromatic nitrogens is 3. The summed E-state index contributed by atoms with van der Waals surface area (Å²) in [4.78, 5) is 12.9. The minimum Gasteiger partial charge on any atom is -0.352 e. The second-order valence-corrected chi connectivity index (χ2v) is 8.96. The predicted molar refractivity (Wildman–Crippen MR) is 103 cm³/mol. The third kappa shape index (κ3) is 4.86. The number of nitrogens with zero attached hydrogens (tertiary/aromatic N) is 3. The zero-order valence-electron chi connectivity index (χ0n) is 13.3. The second-order valence-electron chi connectivity index (χ2n) is 6.24. The highest BCUT2D eigenvalue weighted by molar-refractivity contribution is 6.66. The summed E-state index contributed by atoms with van der Waals surface area (Å²) in [5.74, 6) is 0.740. The van der Waals surface area contributed by atoms with E-state index in [1.54, 1.807) is 18.2 Å². The first-order chi connectivity index (χ1) is 11.8. The molecule has 0 aliphatic heterocycles. The molecular weight excluding hydrogens is 404 g/mol. The maximum atomic E-state index is 6.37. The summed E-state index contributed by atoms with van der Waals surface area (Å²) in [6.07, 6.45) is 4.18. The Hall–Kier alpha value is -0.850. The van der Waals surface area contributed by atoms with E-state index in [0.29, 0.717) is 28.9 Å². The number of alkyl halides is 3. The van der Waals surface area contributed by atoms with E-state index < -0.39 is 3.79 Å². The van der Waals surface area contributed by atoms with Crippen molar-refractivity contribution < 1.29 is 0 Å². The van der Waals surface area contributed by atoms with E-state index in [2.05, 4.69) is 20.3 Å². The van der Waals surface area contributed by atoms with Crippen molar-refractivity contribution in [3.05, 3.63) is 35.1 Å². The molecule has 1 heterocycles. The van der Waals surface area contributed by atoms with Crippen molar-refractivity contribution >= 4 is 52.4 Å². The monoisotopic (exact) mass is 419 g/mol. The maximum absolute atomic E-state index is 6.37. The van der Waals surface area contributed by atoms with E-state index >= 15 is 0 Å². The zero-order valence-corrected chi connectivity index (χ0v) is 16.3. The summed E-state index contributed by atoms with van der Waals surface area (Å²) < 4.78 is -1.76. The number of hydrogen-bond donors (Lipinski definition) is 2. The molecule has 0 spiro atoms. The molecule has 3 rings (SSSR count). The van der Waals surface area contributed by atoms with E-state index in [-0.39, 0.29) is 11.4 Å². The van der Waals surface area contributed by atoms with Gasteiger partial charge in [-0.25, -0.2) is 4.98 Å². The number of rotatable bonds is 4. The lowest BCUT2D eigenvalue weighted by atomic mass is 10.00. The lowest BCUT2D eigenvalue weighted by Gasteiger charge is -2.24. The van der Waals surface area contributed by atoms with Gasteiger partial charge in [0.1, 0.15) is 0 Å². The molecule has 25 heavy (non-hydrogen) atoms. The van der Waals surface area contributed by atoms with Crippen molar-refractivity contribution in [2.75, 3.05) is 11.9 Å². The van der Waals surface area contributed by atoms with Gasteiger partial charge in [-0.05, 0) is 25.0 Å². The summed E-state index contributed by atoms with van der Waals surface area (Å²) in [6, 6.07) is 7.13. The SMILES string of the molecule is NC1(CNc2nc(-c3cccc(Cl)c3)nc(C(Cl)(Cl)Cl)n2)CCCC1. The fourth-order valence-electron chi connectivity index (χ4n) is 2.85. The molecule has 3 N–H and O–H groups in total. The van der Waals surface area contributed by atoms with Crippen LogP contribution in [0.5, 0.6) is 0 Å². The minimum atomic E-state index is -1.76. The Morgan fingerprint density at radius 3 is 2.48 bits per heavy atom. The van der Waals surface area contributed by atoms with Crippen LogP contribution in [0.4, 0.5) is 5.95 Å². The largest absolute Gasteiger partial charge is 0.352 e. The zero-order chi connectivity index (χ0) is 18.1. The number of benzene rings is 1. The first-order valence-electron chi connectivity index (χ1n) is 7.87. The van der Waals surface area contributed by atoms with Crippen LogP contribution in [0.15, 0.2) is 24.3 Å². The molecule has 9 heteroatoms. The predicted octanol–water partition coefficient (Wildman–Crippen LogP) is 4.70. The normalized spacial score (nSPS) is 16.8. The van der Waals surface area contributed by atoms with Crippen LogP contribution in [0.1, 0.15) is 31.5 Å². The van der Waals surface area contributed by atoms with Gasteiger partial charge in [0.2, 0.25) is 9.74 Å². The molecule has 0 unspecified atom stereocenters. The van der Waals surface area contributed by atoms with Crippen LogP contribution in [0, 0.1) is 0 Å². The summed E-state index contributed by atoms with van der Waals surface area (Å²) in [5.41, 5.74) is 6.81. The third-order valence-electron chi connectivity index (χ3n) is 4.17. The highest BCUT2D eigenvalue weighted by Crippen LogP contribution is 2.37. The van der Waals surface area contributed by atoms with Crippen LogP contribution in [-0.2, 0) is 3.79 Å². The summed E-state index contributed by atoms with van der Waals surface area (Å²) in [6.45, 7) is 0.547. The minimum absolute atomic E-state index is 0.0440. The summed E-state index contributed by atoms with van der Waals surface area (Å²) >= 11 is 24.0. The van der Waals surface area contributed by atoms with Gasteiger partial charge in [0.25, 0.3) is 0 Å². The Morgan fingerprint density at radius 1 is 1.12 bits per heavy atom. The van der Waals surface area contributed by atoms with E-state index in [1.807, 2.05) is 6.07 Å². The number of hydrogen-bond acceptors (Lipinski definition) is 5. The molecule has 0 atom stereocenters. The molecule has 1 fully saturated rings. The Bertz CT molecular complexity index is 756. The highest BCUT2D eigenvalue weighted by atomic mass is 35.6. The van der Waals surface area contributed by atoms with Crippen LogP contribution in [0.2, 0.25) is 5.02 Å². The molecule has 134 valence electrons. The molecule has 2 aromatic rings. The van der Waals surface area contributed by atoms with Gasteiger partial charge in [0, 0.05) is 22.7 Å². The van der Waals surface area contributed by atoms with Gasteiger partial charge in [-0.15, -0.1) is 0 Å². The number of anilines is 1. The average Bonchev–Trinajstić information content (AvgIpc) is 2.99. The molecule has 1 aliphatic rings. The highest BCUT2D eigenvalue weighted by Gasteiger charge is 2.31. The quantitative estimate of drug-likeness (QED) is 0.700. The topological polar surface area (TPSA) is 76.7 Å². The van der Waals surface area contributed by atoms with Crippen LogP contribution in [0.3, 0.4) is 0 Å².